The molecule has 2 aromatic rings. The second kappa shape index (κ2) is 7.52. The molecule has 1 aromatic heterocycles. The van der Waals surface area contributed by atoms with E-state index in [0.717, 1.165) is 12.1 Å². The van der Waals surface area contributed by atoms with Crippen LogP contribution in [0.5, 0.6) is 11.5 Å². The Labute approximate surface area is 146 Å². The third-order valence-electron chi connectivity index (χ3n) is 4.31. The standard InChI is InChI=1S/C17H22N4O4/c1-23-11-12-9-21(19-18-12)13-6-7-20(10-13)17(22)15-5-4-14(24-2)8-16(15)25-3/h4-5,8-9,13H,6-7,10-11H2,1-3H3. The van der Waals surface area contributed by atoms with E-state index in [9.17, 15) is 4.79 Å². The topological polar surface area (TPSA) is 78.7 Å². The number of rotatable bonds is 6. The summed E-state index contributed by atoms with van der Waals surface area (Å²) < 4.78 is 17.4. The van der Waals surface area contributed by atoms with Crippen molar-refractivity contribution >= 4 is 5.91 Å². The minimum atomic E-state index is -0.0563. The summed E-state index contributed by atoms with van der Waals surface area (Å²) in [5, 5.41) is 8.22. The molecule has 0 saturated carbocycles. The first-order chi connectivity index (χ1) is 12.2. The molecule has 1 atom stereocenters. The minimum absolute atomic E-state index is 0.0563. The van der Waals surface area contributed by atoms with Crippen molar-refractivity contribution in [2.24, 2.45) is 0 Å². The summed E-state index contributed by atoms with van der Waals surface area (Å²) >= 11 is 0. The molecule has 1 amide bonds. The van der Waals surface area contributed by atoms with E-state index in [1.54, 1.807) is 39.5 Å². The molecule has 134 valence electrons. The Morgan fingerprint density at radius 2 is 2.12 bits per heavy atom. The van der Waals surface area contributed by atoms with E-state index in [4.69, 9.17) is 14.2 Å². The quantitative estimate of drug-likeness (QED) is 0.789. The lowest BCUT2D eigenvalue weighted by Gasteiger charge is -2.18. The maximum absolute atomic E-state index is 12.9. The van der Waals surface area contributed by atoms with Crippen molar-refractivity contribution in [1.82, 2.24) is 19.9 Å². The van der Waals surface area contributed by atoms with Crippen LogP contribution in [0.25, 0.3) is 0 Å². The van der Waals surface area contributed by atoms with E-state index in [-0.39, 0.29) is 11.9 Å². The molecule has 1 fully saturated rings. The SMILES string of the molecule is COCc1cn(C2CCN(C(=O)c3ccc(OC)cc3OC)C2)nn1. The van der Waals surface area contributed by atoms with Crippen LogP contribution >= 0.6 is 0 Å². The van der Waals surface area contributed by atoms with Crippen LogP contribution in [0.3, 0.4) is 0 Å². The monoisotopic (exact) mass is 346 g/mol. The number of benzene rings is 1. The van der Waals surface area contributed by atoms with E-state index in [1.165, 1.54) is 0 Å². The van der Waals surface area contributed by atoms with Gasteiger partial charge in [0.15, 0.2) is 0 Å². The largest absolute Gasteiger partial charge is 0.497 e. The fourth-order valence-electron chi connectivity index (χ4n) is 2.99. The van der Waals surface area contributed by atoms with Gasteiger partial charge in [0.05, 0.1) is 38.6 Å². The normalized spacial score (nSPS) is 16.9. The molecule has 2 heterocycles. The zero-order valence-corrected chi connectivity index (χ0v) is 14.6. The second-order valence-electron chi connectivity index (χ2n) is 5.88. The van der Waals surface area contributed by atoms with Crippen molar-refractivity contribution in [3.05, 3.63) is 35.7 Å². The molecule has 3 rings (SSSR count). The number of aromatic nitrogens is 3. The number of likely N-dealkylation sites (tertiary alicyclic amines) is 1. The zero-order valence-electron chi connectivity index (χ0n) is 14.6. The number of methoxy groups -OCH3 is 3. The van der Waals surface area contributed by atoms with E-state index in [2.05, 4.69) is 10.3 Å². The Morgan fingerprint density at radius 1 is 1.28 bits per heavy atom. The Hall–Kier alpha value is -2.61. The average Bonchev–Trinajstić information content (AvgIpc) is 3.30. The van der Waals surface area contributed by atoms with Crippen molar-refractivity contribution in [1.29, 1.82) is 0 Å². The van der Waals surface area contributed by atoms with Crippen LogP contribution in [-0.2, 0) is 11.3 Å². The van der Waals surface area contributed by atoms with Crippen LogP contribution in [0.4, 0.5) is 0 Å². The first-order valence-electron chi connectivity index (χ1n) is 8.07. The van der Waals surface area contributed by atoms with Crippen molar-refractivity contribution in [3.8, 4) is 11.5 Å². The highest BCUT2D eigenvalue weighted by molar-refractivity contribution is 5.97. The van der Waals surface area contributed by atoms with Crippen molar-refractivity contribution in [3.63, 3.8) is 0 Å². The first kappa shape index (κ1) is 17.2. The van der Waals surface area contributed by atoms with E-state index >= 15 is 0 Å². The predicted molar refractivity (Wildman–Crippen MR) is 89.8 cm³/mol. The summed E-state index contributed by atoms with van der Waals surface area (Å²) in [6, 6.07) is 5.33. The lowest BCUT2D eigenvalue weighted by molar-refractivity contribution is 0.0783. The highest BCUT2D eigenvalue weighted by Gasteiger charge is 2.30. The van der Waals surface area contributed by atoms with E-state index in [1.807, 2.05) is 15.8 Å². The van der Waals surface area contributed by atoms with Gasteiger partial charge in [0.2, 0.25) is 0 Å². The van der Waals surface area contributed by atoms with Gasteiger partial charge in [-0.15, -0.1) is 5.10 Å². The number of hydrogen-bond acceptors (Lipinski definition) is 6. The highest BCUT2D eigenvalue weighted by Crippen LogP contribution is 2.28. The Balaban J connectivity index is 1.72. The van der Waals surface area contributed by atoms with Gasteiger partial charge in [-0.3, -0.25) is 4.79 Å². The van der Waals surface area contributed by atoms with Gasteiger partial charge < -0.3 is 19.1 Å². The average molecular weight is 346 g/mol. The van der Waals surface area contributed by atoms with Gasteiger partial charge in [0, 0.05) is 26.3 Å². The van der Waals surface area contributed by atoms with Crippen LogP contribution in [0.2, 0.25) is 0 Å². The highest BCUT2D eigenvalue weighted by atomic mass is 16.5. The van der Waals surface area contributed by atoms with E-state index in [0.29, 0.717) is 36.8 Å². The number of ether oxygens (including phenoxy) is 3. The van der Waals surface area contributed by atoms with Crippen LogP contribution in [0.15, 0.2) is 24.4 Å². The van der Waals surface area contributed by atoms with Crippen LogP contribution in [0, 0.1) is 0 Å². The van der Waals surface area contributed by atoms with Gasteiger partial charge in [-0.05, 0) is 18.6 Å². The van der Waals surface area contributed by atoms with Gasteiger partial charge in [-0.1, -0.05) is 5.21 Å². The number of carbonyl (C=O) groups excluding carboxylic acids is 1. The lowest BCUT2D eigenvalue weighted by Crippen LogP contribution is -2.29. The molecule has 0 radical (unpaired) electrons. The number of amides is 1. The molecule has 1 saturated heterocycles. The molecule has 8 heteroatoms. The number of carbonyl (C=O) groups is 1. The maximum atomic E-state index is 12.9. The zero-order chi connectivity index (χ0) is 17.8. The Morgan fingerprint density at radius 3 is 2.84 bits per heavy atom. The van der Waals surface area contributed by atoms with Gasteiger partial charge in [-0.25, -0.2) is 4.68 Å². The van der Waals surface area contributed by atoms with Crippen LogP contribution < -0.4 is 9.47 Å². The fraction of sp³-hybridized carbons (Fsp3) is 0.471. The third kappa shape index (κ3) is 3.58. The Bertz CT molecular complexity index is 746. The van der Waals surface area contributed by atoms with Gasteiger partial charge in [-0.2, -0.15) is 0 Å². The van der Waals surface area contributed by atoms with E-state index < -0.39 is 0 Å². The summed E-state index contributed by atoms with van der Waals surface area (Å²) in [7, 11) is 4.75. The molecule has 1 aromatic carbocycles. The second-order valence-corrected chi connectivity index (χ2v) is 5.88. The Kier molecular flexibility index (Phi) is 5.18. The molecular formula is C17H22N4O4. The third-order valence-corrected chi connectivity index (χ3v) is 4.31. The van der Waals surface area contributed by atoms with Crippen molar-refractivity contribution in [2.45, 2.75) is 19.1 Å². The molecule has 1 aliphatic heterocycles. The summed E-state index contributed by atoms with van der Waals surface area (Å²) in [5.41, 5.74) is 1.31. The molecule has 0 aliphatic carbocycles. The fourth-order valence-corrected chi connectivity index (χ4v) is 2.99. The van der Waals surface area contributed by atoms with Gasteiger partial charge in [0.25, 0.3) is 5.91 Å². The first-order valence-corrected chi connectivity index (χ1v) is 8.07. The molecule has 8 nitrogen and oxygen atoms in total. The summed E-state index contributed by atoms with van der Waals surface area (Å²) in [6.45, 7) is 1.68. The summed E-state index contributed by atoms with van der Waals surface area (Å²) in [4.78, 5) is 14.7. The molecular weight excluding hydrogens is 324 g/mol. The lowest BCUT2D eigenvalue weighted by atomic mass is 10.1. The van der Waals surface area contributed by atoms with Gasteiger partial charge >= 0.3 is 0 Å². The van der Waals surface area contributed by atoms with Crippen LogP contribution in [0.1, 0.15) is 28.5 Å². The maximum Gasteiger partial charge on any atom is 0.257 e. The minimum Gasteiger partial charge on any atom is -0.497 e. The van der Waals surface area contributed by atoms with Crippen molar-refractivity contribution in [2.75, 3.05) is 34.4 Å². The molecule has 1 aliphatic rings. The predicted octanol–water partition coefficient (Wildman–Crippen LogP) is 1.53. The van der Waals surface area contributed by atoms with Crippen molar-refractivity contribution < 1.29 is 19.0 Å². The smallest absolute Gasteiger partial charge is 0.257 e. The molecule has 0 bridgehead atoms. The summed E-state index contributed by atoms with van der Waals surface area (Å²) in [5.74, 6) is 1.11. The van der Waals surface area contributed by atoms with Crippen LogP contribution in [-0.4, -0.2) is 60.2 Å². The molecule has 25 heavy (non-hydrogen) atoms. The van der Waals surface area contributed by atoms with Gasteiger partial charge in [0.1, 0.15) is 17.2 Å². The molecule has 0 N–H and O–H groups in total. The molecule has 0 spiro atoms. The number of hydrogen-bond donors (Lipinski definition) is 0. The summed E-state index contributed by atoms with van der Waals surface area (Å²) in [6.07, 6.45) is 2.70. The molecule has 1 unspecified atom stereocenters. The number of nitrogens with zero attached hydrogens (tertiary/aromatic N) is 4.